The Labute approximate surface area is 129 Å². The Balaban J connectivity index is 2.05. The van der Waals surface area contributed by atoms with Gasteiger partial charge in [-0.3, -0.25) is 9.59 Å². The third kappa shape index (κ3) is 2.33. The van der Waals surface area contributed by atoms with Crippen molar-refractivity contribution in [2.45, 2.75) is 6.61 Å². The van der Waals surface area contributed by atoms with Crippen LogP contribution in [0.2, 0.25) is 5.02 Å². The summed E-state index contributed by atoms with van der Waals surface area (Å²) in [5.41, 5.74) is 8.44. The molecule has 0 saturated heterocycles. The molecule has 5 nitrogen and oxygen atoms in total. The predicted octanol–water partition coefficient (Wildman–Crippen LogP) is 1.80. The highest BCUT2D eigenvalue weighted by Gasteiger charge is 2.19. The first-order chi connectivity index (χ1) is 10.6. The average molecular weight is 313 g/mol. The number of rotatable bonds is 3. The van der Waals surface area contributed by atoms with E-state index >= 15 is 0 Å². The van der Waals surface area contributed by atoms with Crippen molar-refractivity contribution in [3.63, 3.8) is 0 Å². The van der Waals surface area contributed by atoms with E-state index in [-0.39, 0.29) is 23.1 Å². The standard InChI is InChI=1S/C16H9ClN2O3/c17-10-6-4-9(5-7-10)8-22-12-3-1-2-11-13(12)16(21)14(19-18)15(11)20/h1-7H,8H2. The molecule has 0 radical (unpaired) electrons. The van der Waals surface area contributed by atoms with Crippen molar-refractivity contribution in [2.24, 2.45) is 0 Å². The topological polar surface area (TPSA) is 79.8 Å². The van der Waals surface area contributed by atoms with Crippen LogP contribution >= 0.6 is 11.6 Å². The number of halogens is 1. The summed E-state index contributed by atoms with van der Waals surface area (Å²) >= 11 is 5.81. The minimum Gasteiger partial charge on any atom is -0.488 e. The fourth-order valence-corrected chi connectivity index (χ4v) is 2.38. The lowest BCUT2D eigenvalue weighted by molar-refractivity contribution is -0.0674. The van der Waals surface area contributed by atoms with Crippen molar-refractivity contribution in [2.75, 3.05) is 0 Å². The van der Waals surface area contributed by atoms with Crippen LogP contribution in [0.25, 0.3) is 16.3 Å². The molecule has 0 aromatic heterocycles. The van der Waals surface area contributed by atoms with Crippen LogP contribution in [-0.2, 0) is 6.61 Å². The molecule has 108 valence electrons. The maximum atomic E-state index is 12.1. The Morgan fingerprint density at radius 3 is 2.45 bits per heavy atom. The zero-order valence-corrected chi connectivity index (χ0v) is 12.0. The van der Waals surface area contributed by atoms with Gasteiger partial charge in [0.05, 0.1) is 5.39 Å². The third-order valence-electron chi connectivity index (χ3n) is 3.34. The minimum absolute atomic E-state index is 0.134. The second kappa shape index (κ2) is 5.56. The van der Waals surface area contributed by atoms with Gasteiger partial charge in [-0.05, 0) is 29.8 Å². The third-order valence-corrected chi connectivity index (χ3v) is 3.59. The molecule has 6 heteroatoms. The van der Waals surface area contributed by atoms with E-state index in [1.54, 1.807) is 36.4 Å². The first kappa shape index (κ1) is 14.2. The van der Waals surface area contributed by atoms with Crippen molar-refractivity contribution >= 4 is 22.4 Å². The lowest BCUT2D eigenvalue weighted by Crippen LogP contribution is -2.32. The summed E-state index contributed by atoms with van der Waals surface area (Å²) in [6.45, 7) is 0.223. The molecule has 3 rings (SSSR count). The van der Waals surface area contributed by atoms with Gasteiger partial charge in [0.1, 0.15) is 12.4 Å². The summed E-state index contributed by atoms with van der Waals surface area (Å²) in [6, 6.07) is 11.8. The van der Waals surface area contributed by atoms with Crippen LogP contribution in [0.4, 0.5) is 0 Å². The van der Waals surface area contributed by atoms with Crippen LogP contribution in [-0.4, -0.2) is 4.79 Å². The van der Waals surface area contributed by atoms with Crippen molar-refractivity contribution < 1.29 is 9.53 Å². The van der Waals surface area contributed by atoms with E-state index in [2.05, 4.69) is 4.79 Å². The zero-order valence-electron chi connectivity index (χ0n) is 11.2. The van der Waals surface area contributed by atoms with E-state index in [9.17, 15) is 9.59 Å². The van der Waals surface area contributed by atoms with E-state index < -0.39 is 16.2 Å². The van der Waals surface area contributed by atoms with Gasteiger partial charge >= 0.3 is 5.36 Å². The number of fused-ring (bicyclic) bond motifs is 1. The average Bonchev–Trinajstić information content (AvgIpc) is 2.78. The molecule has 0 aliphatic heterocycles. The van der Waals surface area contributed by atoms with Crippen LogP contribution in [0.5, 0.6) is 5.75 Å². The predicted molar refractivity (Wildman–Crippen MR) is 81.4 cm³/mol. The van der Waals surface area contributed by atoms with Gasteiger partial charge in [0, 0.05) is 10.4 Å². The van der Waals surface area contributed by atoms with E-state index in [4.69, 9.17) is 21.9 Å². The van der Waals surface area contributed by atoms with Gasteiger partial charge < -0.3 is 10.3 Å². The minimum atomic E-state index is -0.630. The highest BCUT2D eigenvalue weighted by atomic mass is 35.5. The Hall–Kier alpha value is -2.75. The molecule has 0 N–H and O–H groups in total. The number of hydrogen-bond acceptors (Lipinski definition) is 3. The molecule has 0 fully saturated rings. The van der Waals surface area contributed by atoms with E-state index in [1.807, 2.05) is 0 Å². The summed E-state index contributed by atoms with van der Waals surface area (Å²) in [4.78, 5) is 26.8. The quantitative estimate of drug-likeness (QED) is 0.546. The van der Waals surface area contributed by atoms with Crippen molar-refractivity contribution in [1.29, 1.82) is 0 Å². The maximum Gasteiger partial charge on any atom is 0.410 e. The van der Waals surface area contributed by atoms with Crippen LogP contribution < -0.4 is 21.0 Å². The van der Waals surface area contributed by atoms with Crippen LogP contribution in [0.3, 0.4) is 0 Å². The van der Waals surface area contributed by atoms with E-state index in [0.717, 1.165) is 5.56 Å². The van der Waals surface area contributed by atoms with Gasteiger partial charge in [-0.15, -0.1) is 0 Å². The Kier molecular flexibility index (Phi) is 3.59. The van der Waals surface area contributed by atoms with Gasteiger partial charge in [0.15, 0.2) is 0 Å². The molecule has 0 bridgehead atoms. The molecule has 0 unspecified atom stereocenters. The number of ether oxygens (including phenoxy) is 1. The van der Waals surface area contributed by atoms with Gasteiger partial charge in [-0.2, -0.15) is 4.79 Å². The van der Waals surface area contributed by atoms with Crippen LogP contribution in [0.15, 0.2) is 52.1 Å². The first-order valence-electron chi connectivity index (χ1n) is 6.43. The Morgan fingerprint density at radius 2 is 1.77 bits per heavy atom. The normalized spacial score (nSPS) is 10.6. The monoisotopic (exact) mass is 312 g/mol. The summed E-state index contributed by atoms with van der Waals surface area (Å²) in [6.07, 6.45) is 0. The number of nitrogens with zero attached hydrogens (tertiary/aromatic N) is 2. The molecule has 0 saturated carbocycles. The first-order valence-corrected chi connectivity index (χ1v) is 6.81. The smallest absolute Gasteiger partial charge is 0.410 e. The molecule has 3 aromatic rings. The molecular formula is C16H9ClN2O3. The van der Waals surface area contributed by atoms with Gasteiger partial charge in [-0.1, -0.05) is 29.8 Å². The molecule has 0 aliphatic carbocycles. The van der Waals surface area contributed by atoms with Crippen LogP contribution in [0.1, 0.15) is 5.56 Å². The van der Waals surface area contributed by atoms with Gasteiger partial charge in [0.25, 0.3) is 10.9 Å². The molecule has 0 spiro atoms. The molecule has 0 atom stereocenters. The van der Waals surface area contributed by atoms with Crippen molar-refractivity contribution in [3.05, 3.63) is 84.4 Å². The largest absolute Gasteiger partial charge is 0.488 e. The van der Waals surface area contributed by atoms with E-state index in [1.165, 1.54) is 6.07 Å². The Morgan fingerprint density at radius 1 is 1.05 bits per heavy atom. The second-order valence-corrected chi connectivity index (χ2v) is 5.14. The summed E-state index contributed by atoms with van der Waals surface area (Å²) in [5, 5.41) is 0.451. The molecule has 3 aromatic carbocycles. The van der Waals surface area contributed by atoms with Crippen molar-refractivity contribution in [1.82, 2.24) is 0 Å². The second-order valence-electron chi connectivity index (χ2n) is 4.70. The van der Waals surface area contributed by atoms with Crippen molar-refractivity contribution in [3.8, 4) is 5.75 Å². The van der Waals surface area contributed by atoms with Gasteiger partial charge in [0.2, 0.25) is 0 Å². The molecule has 0 amide bonds. The Bertz CT molecular complexity index is 1030. The molecule has 0 heterocycles. The lowest BCUT2D eigenvalue weighted by atomic mass is 10.2. The van der Waals surface area contributed by atoms with Gasteiger partial charge in [-0.25, -0.2) is 0 Å². The zero-order chi connectivity index (χ0) is 15.7. The molecule has 22 heavy (non-hydrogen) atoms. The highest BCUT2D eigenvalue weighted by molar-refractivity contribution is 6.30. The summed E-state index contributed by atoms with van der Waals surface area (Å²) in [7, 11) is 0. The van der Waals surface area contributed by atoms with Crippen LogP contribution in [0, 0.1) is 0 Å². The fraction of sp³-hybridized carbons (Fsp3) is 0.0625. The van der Waals surface area contributed by atoms with E-state index in [0.29, 0.717) is 5.02 Å². The highest BCUT2D eigenvalue weighted by Crippen LogP contribution is 2.21. The summed E-state index contributed by atoms with van der Waals surface area (Å²) < 4.78 is 5.63. The number of hydrogen-bond donors (Lipinski definition) is 0. The fourth-order valence-electron chi connectivity index (χ4n) is 2.26. The molecule has 0 aliphatic rings. The SMILES string of the molecule is [N-]=[N+]=c1c(=O)c2cccc(OCc3ccc(Cl)cc3)c2c1=O. The number of benzene rings is 2. The maximum absolute atomic E-state index is 12.1. The summed E-state index contributed by atoms with van der Waals surface area (Å²) in [5.74, 6) is 0.282. The molecular weight excluding hydrogens is 304 g/mol. The lowest BCUT2D eigenvalue weighted by Gasteiger charge is -2.07.